The Morgan fingerprint density at radius 2 is 2.31 bits per heavy atom. The predicted molar refractivity (Wildman–Crippen MR) is 61.1 cm³/mol. The summed E-state index contributed by atoms with van der Waals surface area (Å²) in [4.78, 5) is 10.5. The summed E-state index contributed by atoms with van der Waals surface area (Å²) in [5, 5.41) is 16.2. The molecule has 0 amide bonds. The van der Waals surface area contributed by atoms with Crippen molar-refractivity contribution in [2.24, 2.45) is 0 Å². The van der Waals surface area contributed by atoms with E-state index in [1.54, 1.807) is 11.6 Å². The summed E-state index contributed by atoms with van der Waals surface area (Å²) < 4.78 is 0. The highest BCUT2D eigenvalue weighted by Crippen LogP contribution is 2.33. The highest BCUT2D eigenvalue weighted by Gasteiger charge is 2.19. The maximum Gasteiger partial charge on any atom is 0.206 e. The number of nitrogens with zero attached hydrogens (tertiary/aromatic N) is 3. The first-order valence-corrected chi connectivity index (χ1v) is 5.62. The second-order valence-corrected chi connectivity index (χ2v) is 4.34. The molecule has 16 heavy (non-hydrogen) atoms. The Hall–Kier alpha value is -1.76. The topological polar surface area (TPSA) is 86.2 Å². The quantitative estimate of drug-likeness (QED) is 0.840. The van der Waals surface area contributed by atoms with Crippen molar-refractivity contribution in [3.63, 3.8) is 0 Å². The summed E-state index contributed by atoms with van der Waals surface area (Å²) in [6.07, 6.45) is 1.56. The van der Waals surface area contributed by atoms with E-state index < -0.39 is 0 Å². The van der Waals surface area contributed by atoms with Gasteiger partial charge in [-0.2, -0.15) is 0 Å². The summed E-state index contributed by atoms with van der Waals surface area (Å²) in [5.41, 5.74) is 6.00. The lowest BCUT2D eigenvalue weighted by Crippen LogP contribution is -2.21. The van der Waals surface area contributed by atoms with Crippen LogP contribution in [-0.2, 0) is 0 Å². The molecule has 0 spiro atoms. The van der Waals surface area contributed by atoms with Gasteiger partial charge in [-0.25, -0.2) is 4.98 Å². The van der Waals surface area contributed by atoms with Crippen molar-refractivity contribution in [1.82, 2.24) is 14.9 Å². The Balaban J connectivity index is 2.41. The van der Waals surface area contributed by atoms with Crippen molar-refractivity contribution < 1.29 is 9.94 Å². The molecule has 0 saturated carbocycles. The highest BCUT2D eigenvalue weighted by atomic mass is 32.1. The first kappa shape index (κ1) is 10.7. The van der Waals surface area contributed by atoms with E-state index in [4.69, 9.17) is 10.6 Å². The lowest BCUT2D eigenvalue weighted by atomic mass is 10.4. The van der Waals surface area contributed by atoms with Crippen LogP contribution in [0.3, 0.4) is 0 Å². The molecule has 0 radical (unpaired) electrons. The molecule has 0 aliphatic heterocycles. The minimum Gasteiger partial charge on any atom is -0.503 e. The predicted octanol–water partition coefficient (Wildman–Crippen LogP) is 1.13. The summed E-state index contributed by atoms with van der Waals surface area (Å²) >= 11 is 1.37. The van der Waals surface area contributed by atoms with Crippen LogP contribution < -0.4 is 10.6 Å². The Kier molecular flexibility index (Phi) is 2.69. The van der Waals surface area contributed by atoms with Gasteiger partial charge in [0.25, 0.3) is 0 Å². The van der Waals surface area contributed by atoms with E-state index in [1.165, 1.54) is 11.3 Å². The molecular formula is C9H12N4O2S. The van der Waals surface area contributed by atoms with Crippen molar-refractivity contribution >= 4 is 17.2 Å². The Morgan fingerprint density at radius 1 is 1.56 bits per heavy atom. The van der Waals surface area contributed by atoms with Crippen LogP contribution in [-0.4, -0.2) is 26.1 Å². The Labute approximate surface area is 96.3 Å². The summed E-state index contributed by atoms with van der Waals surface area (Å²) in [6, 6.07) is 0. The molecule has 0 unspecified atom stereocenters. The maximum atomic E-state index is 9.78. The van der Waals surface area contributed by atoms with Crippen LogP contribution in [0.5, 0.6) is 5.75 Å². The maximum absolute atomic E-state index is 9.78. The van der Waals surface area contributed by atoms with Crippen LogP contribution >= 0.6 is 11.3 Å². The van der Waals surface area contributed by atoms with Gasteiger partial charge in [0.05, 0.1) is 0 Å². The van der Waals surface area contributed by atoms with E-state index in [2.05, 4.69) is 10.1 Å². The third-order valence-corrected chi connectivity index (χ3v) is 2.59. The van der Waals surface area contributed by atoms with Gasteiger partial charge in [0.15, 0.2) is 11.4 Å². The number of hydrogen-bond donors (Lipinski definition) is 2. The Bertz CT molecular complexity index is 478. The lowest BCUT2D eigenvalue weighted by molar-refractivity contribution is 0.0405. The Morgan fingerprint density at radius 3 is 2.88 bits per heavy atom. The fourth-order valence-electron chi connectivity index (χ4n) is 1.17. The first-order valence-electron chi connectivity index (χ1n) is 4.74. The van der Waals surface area contributed by atoms with Gasteiger partial charge in [0.2, 0.25) is 5.82 Å². The van der Waals surface area contributed by atoms with Crippen molar-refractivity contribution in [3.8, 4) is 16.5 Å². The molecule has 2 aromatic rings. The normalized spacial score (nSPS) is 10.9. The second-order valence-electron chi connectivity index (χ2n) is 3.45. The molecule has 0 fully saturated rings. The van der Waals surface area contributed by atoms with E-state index in [1.807, 2.05) is 13.8 Å². The van der Waals surface area contributed by atoms with Crippen molar-refractivity contribution in [2.75, 3.05) is 5.73 Å². The number of hydrogen-bond acceptors (Lipinski definition) is 6. The third-order valence-electron chi connectivity index (χ3n) is 1.81. The van der Waals surface area contributed by atoms with Crippen molar-refractivity contribution in [3.05, 3.63) is 11.6 Å². The number of nitrogen functional groups attached to an aromatic ring is 1. The lowest BCUT2D eigenvalue weighted by Gasteiger charge is -2.08. The molecule has 0 atom stereocenters. The van der Waals surface area contributed by atoms with Crippen LogP contribution in [0.1, 0.15) is 13.8 Å². The largest absolute Gasteiger partial charge is 0.503 e. The van der Waals surface area contributed by atoms with Gasteiger partial charge in [0, 0.05) is 11.6 Å². The van der Waals surface area contributed by atoms with Crippen molar-refractivity contribution in [2.45, 2.75) is 20.0 Å². The van der Waals surface area contributed by atoms with E-state index >= 15 is 0 Å². The van der Waals surface area contributed by atoms with E-state index in [0.717, 1.165) is 4.85 Å². The summed E-state index contributed by atoms with van der Waals surface area (Å²) in [7, 11) is 0. The average molecular weight is 240 g/mol. The molecule has 0 aromatic carbocycles. The fraction of sp³-hybridized carbons (Fsp3) is 0.333. The van der Waals surface area contributed by atoms with Gasteiger partial charge >= 0.3 is 0 Å². The molecule has 2 aromatic heterocycles. The monoisotopic (exact) mass is 240 g/mol. The molecule has 0 aliphatic rings. The molecule has 2 heterocycles. The number of aromatic hydroxyl groups is 1. The van der Waals surface area contributed by atoms with Gasteiger partial charge in [-0.3, -0.25) is 0 Å². The minimum absolute atomic E-state index is 0.0780. The summed E-state index contributed by atoms with van der Waals surface area (Å²) in [6.45, 7) is 3.70. The molecule has 7 heteroatoms. The van der Waals surface area contributed by atoms with Crippen LogP contribution in [0, 0.1) is 0 Å². The van der Waals surface area contributed by atoms with E-state index in [-0.39, 0.29) is 17.7 Å². The van der Waals surface area contributed by atoms with Gasteiger partial charge in [-0.05, 0) is 13.8 Å². The van der Waals surface area contributed by atoms with Crippen molar-refractivity contribution in [1.29, 1.82) is 0 Å². The number of rotatable bonds is 3. The molecule has 2 rings (SSSR count). The molecule has 0 aliphatic carbocycles. The molecule has 0 saturated heterocycles. The van der Waals surface area contributed by atoms with Gasteiger partial charge in [0.1, 0.15) is 11.1 Å². The zero-order valence-electron chi connectivity index (χ0n) is 8.91. The third kappa shape index (κ3) is 1.81. The molecule has 6 nitrogen and oxygen atoms in total. The van der Waals surface area contributed by atoms with Crippen LogP contribution in [0.25, 0.3) is 10.7 Å². The number of aromatic nitrogens is 3. The van der Waals surface area contributed by atoms with Crippen LogP contribution in [0.4, 0.5) is 5.82 Å². The fourth-order valence-corrected chi connectivity index (χ4v) is 1.79. The van der Waals surface area contributed by atoms with E-state index in [9.17, 15) is 5.11 Å². The minimum atomic E-state index is -0.101. The number of thiazole rings is 1. The van der Waals surface area contributed by atoms with E-state index in [0.29, 0.717) is 10.7 Å². The smallest absolute Gasteiger partial charge is 0.206 e. The first-order chi connectivity index (χ1) is 7.59. The van der Waals surface area contributed by atoms with Gasteiger partial charge in [-0.1, -0.05) is 4.85 Å². The summed E-state index contributed by atoms with van der Waals surface area (Å²) in [5.74, 6) is -0.0190. The molecule has 3 N–H and O–H groups in total. The molecule has 0 bridgehead atoms. The molecule has 86 valence electrons. The highest BCUT2D eigenvalue weighted by molar-refractivity contribution is 7.13. The SMILES string of the molecule is CC(C)On1nc(-c2nccs2)c(O)c1N. The standard InChI is InChI=1S/C9H12N4O2S/c1-5(2)15-13-8(10)7(14)6(12-13)9-11-3-4-16-9/h3-5,14H,10H2,1-2H3. The van der Waals surface area contributed by atoms with Crippen LogP contribution in [0.2, 0.25) is 0 Å². The number of nitrogens with two attached hydrogens (primary N) is 1. The number of anilines is 1. The van der Waals surface area contributed by atoms with Gasteiger partial charge < -0.3 is 15.7 Å². The zero-order chi connectivity index (χ0) is 11.7. The van der Waals surface area contributed by atoms with Gasteiger partial charge in [-0.15, -0.1) is 16.4 Å². The second kappa shape index (κ2) is 4.01. The average Bonchev–Trinajstić information content (AvgIpc) is 2.81. The molecular weight excluding hydrogens is 228 g/mol. The van der Waals surface area contributed by atoms with Crippen LogP contribution in [0.15, 0.2) is 11.6 Å². The zero-order valence-corrected chi connectivity index (χ0v) is 9.73.